The van der Waals surface area contributed by atoms with Crippen molar-refractivity contribution in [2.75, 3.05) is 13.2 Å². The number of rotatable bonds is 3. The van der Waals surface area contributed by atoms with Crippen molar-refractivity contribution in [2.24, 2.45) is 5.92 Å². The minimum Gasteiger partial charge on any atom is -0.396 e. The average molecular weight is 386 g/mol. The summed E-state index contributed by atoms with van der Waals surface area (Å²) in [5.74, 6) is 0.688. The Hall–Kier alpha value is -0.620. The number of halogens is 2. The first kappa shape index (κ1) is 14.9. The first-order chi connectivity index (χ1) is 10.7. The number of ether oxygens (including phenoxy) is 1. The quantitative estimate of drug-likeness (QED) is 0.859. The van der Waals surface area contributed by atoms with Gasteiger partial charge in [0.25, 0.3) is 0 Å². The maximum atomic E-state index is 9.32. The minimum absolute atomic E-state index is 0.00572. The molecule has 2 aliphatic rings. The van der Waals surface area contributed by atoms with E-state index >= 15 is 0 Å². The van der Waals surface area contributed by atoms with Crippen LogP contribution in [0.2, 0.25) is 5.02 Å². The van der Waals surface area contributed by atoms with E-state index in [1.54, 1.807) is 0 Å². The Morgan fingerprint density at radius 3 is 3.00 bits per heavy atom. The molecule has 118 valence electrons. The van der Waals surface area contributed by atoms with E-state index < -0.39 is 0 Å². The highest BCUT2D eigenvalue weighted by Crippen LogP contribution is 2.53. The van der Waals surface area contributed by atoms with E-state index in [-0.39, 0.29) is 12.8 Å². The van der Waals surface area contributed by atoms with Crippen molar-refractivity contribution in [3.05, 3.63) is 27.3 Å². The van der Waals surface area contributed by atoms with Crippen LogP contribution in [-0.4, -0.2) is 28.1 Å². The predicted octanol–water partition coefficient (Wildman–Crippen LogP) is 4.25. The van der Waals surface area contributed by atoms with Crippen LogP contribution >= 0.6 is 27.5 Å². The summed E-state index contributed by atoms with van der Waals surface area (Å²) in [6.07, 6.45) is 6.16. The molecule has 6 heteroatoms. The molecule has 22 heavy (non-hydrogen) atoms. The summed E-state index contributed by atoms with van der Waals surface area (Å²) in [5, 5.41) is 15.7. The van der Waals surface area contributed by atoms with E-state index in [1.165, 1.54) is 6.42 Å². The number of fused-ring (bicyclic) bond motifs is 1. The fourth-order valence-corrected chi connectivity index (χ4v) is 4.69. The molecule has 0 spiro atoms. The molecular weight excluding hydrogens is 368 g/mol. The van der Waals surface area contributed by atoms with Gasteiger partial charge in [0.15, 0.2) is 6.23 Å². The first-order valence-electron chi connectivity index (χ1n) is 7.78. The van der Waals surface area contributed by atoms with Crippen molar-refractivity contribution in [1.29, 1.82) is 0 Å². The second-order valence-corrected chi connectivity index (χ2v) is 7.41. The Bertz CT molecular complexity index is 712. The van der Waals surface area contributed by atoms with Crippen molar-refractivity contribution in [2.45, 2.75) is 37.8 Å². The van der Waals surface area contributed by atoms with Crippen molar-refractivity contribution in [1.82, 2.24) is 9.78 Å². The average Bonchev–Trinajstić information content (AvgIpc) is 3.18. The molecule has 2 fully saturated rings. The van der Waals surface area contributed by atoms with Crippen molar-refractivity contribution < 1.29 is 9.84 Å². The third kappa shape index (κ3) is 2.39. The lowest BCUT2D eigenvalue weighted by Gasteiger charge is -2.23. The maximum absolute atomic E-state index is 9.32. The fraction of sp³-hybridized carbons (Fsp3) is 0.562. The summed E-state index contributed by atoms with van der Waals surface area (Å²) in [6, 6.07) is 1.99. The zero-order valence-corrected chi connectivity index (χ0v) is 14.5. The molecule has 3 unspecified atom stereocenters. The normalized spacial score (nSPS) is 28.2. The molecule has 4 nitrogen and oxygen atoms in total. The van der Waals surface area contributed by atoms with Gasteiger partial charge in [0.1, 0.15) is 0 Å². The van der Waals surface area contributed by atoms with Gasteiger partial charge in [-0.2, -0.15) is 5.10 Å². The molecule has 0 amide bonds. The highest BCUT2D eigenvalue weighted by Gasteiger charge is 2.40. The molecule has 4 rings (SSSR count). The fourth-order valence-electron chi connectivity index (χ4n) is 3.42. The van der Waals surface area contributed by atoms with Gasteiger partial charge in [0.2, 0.25) is 0 Å². The molecule has 1 aliphatic heterocycles. The third-order valence-electron chi connectivity index (χ3n) is 4.78. The molecule has 0 bridgehead atoms. The SMILES string of the molecule is OCC1CC1c1c(Cl)cc2c(cnn2C2CCCCO2)c1Br. The van der Waals surface area contributed by atoms with Crippen LogP contribution in [0.3, 0.4) is 0 Å². The van der Waals surface area contributed by atoms with E-state index in [0.29, 0.717) is 11.8 Å². The molecular formula is C16H18BrClN2O2. The molecule has 1 saturated heterocycles. The Morgan fingerprint density at radius 2 is 2.32 bits per heavy atom. The number of aromatic nitrogens is 2. The molecule has 2 heterocycles. The van der Waals surface area contributed by atoms with Gasteiger partial charge in [0, 0.05) is 28.1 Å². The Morgan fingerprint density at radius 1 is 1.45 bits per heavy atom. The summed E-state index contributed by atoms with van der Waals surface area (Å²) < 4.78 is 8.81. The zero-order valence-electron chi connectivity index (χ0n) is 12.1. The molecule has 1 aliphatic carbocycles. The van der Waals surface area contributed by atoms with E-state index in [2.05, 4.69) is 21.0 Å². The van der Waals surface area contributed by atoms with Gasteiger partial charge in [0.05, 0.1) is 11.7 Å². The Balaban J connectivity index is 1.77. The highest BCUT2D eigenvalue weighted by molar-refractivity contribution is 9.10. The van der Waals surface area contributed by atoms with Crippen LogP contribution in [-0.2, 0) is 4.74 Å². The lowest BCUT2D eigenvalue weighted by Crippen LogP contribution is -2.18. The second-order valence-electron chi connectivity index (χ2n) is 6.21. The minimum atomic E-state index is 0.00572. The van der Waals surface area contributed by atoms with E-state index in [9.17, 15) is 5.11 Å². The third-order valence-corrected chi connectivity index (χ3v) is 5.95. The van der Waals surface area contributed by atoms with Gasteiger partial charge >= 0.3 is 0 Å². The maximum Gasteiger partial charge on any atom is 0.150 e. The molecule has 1 aromatic heterocycles. The number of benzene rings is 1. The van der Waals surface area contributed by atoms with Gasteiger partial charge in [-0.25, -0.2) is 4.68 Å². The smallest absolute Gasteiger partial charge is 0.150 e. The Kier molecular flexibility index (Phi) is 3.93. The number of hydrogen-bond acceptors (Lipinski definition) is 3. The standard InChI is InChI=1S/C16H18BrClN2O2/c17-16-11-7-19-20(14-3-1-2-4-22-14)13(11)6-12(18)15(16)10-5-9(10)8-21/h6-7,9-10,14,21H,1-5,8H2. The molecule has 3 atom stereocenters. The number of aliphatic hydroxyl groups is 1. The van der Waals surface area contributed by atoms with Crippen LogP contribution in [0.15, 0.2) is 16.7 Å². The molecule has 1 aromatic carbocycles. The Labute approximate surface area is 142 Å². The summed E-state index contributed by atoms with van der Waals surface area (Å²) in [7, 11) is 0. The number of hydrogen-bond donors (Lipinski definition) is 1. The molecule has 1 saturated carbocycles. The lowest BCUT2D eigenvalue weighted by molar-refractivity contribution is -0.0366. The predicted molar refractivity (Wildman–Crippen MR) is 89.2 cm³/mol. The topological polar surface area (TPSA) is 47.3 Å². The lowest BCUT2D eigenvalue weighted by atomic mass is 10.1. The van der Waals surface area contributed by atoms with Gasteiger partial charge < -0.3 is 9.84 Å². The highest BCUT2D eigenvalue weighted by atomic mass is 79.9. The first-order valence-corrected chi connectivity index (χ1v) is 8.95. The van der Waals surface area contributed by atoms with Crippen LogP contribution in [0.1, 0.15) is 43.4 Å². The van der Waals surface area contributed by atoms with Crippen molar-refractivity contribution in [3.63, 3.8) is 0 Å². The van der Waals surface area contributed by atoms with Crippen LogP contribution < -0.4 is 0 Å². The van der Waals surface area contributed by atoms with E-state index in [0.717, 1.165) is 51.8 Å². The van der Waals surface area contributed by atoms with Crippen LogP contribution in [0.4, 0.5) is 0 Å². The zero-order chi connectivity index (χ0) is 15.3. The second kappa shape index (κ2) is 5.78. The van der Waals surface area contributed by atoms with Crippen molar-refractivity contribution >= 4 is 38.4 Å². The molecule has 1 N–H and O–H groups in total. The van der Waals surface area contributed by atoms with Gasteiger partial charge in [-0.05, 0) is 65.1 Å². The van der Waals surface area contributed by atoms with Gasteiger partial charge in [-0.15, -0.1) is 0 Å². The summed E-state index contributed by atoms with van der Waals surface area (Å²) >= 11 is 10.2. The van der Waals surface area contributed by atoms with Gasteiger partial charge in [-0.1, -0.05) is 11.6 Å². The summed E-state index contributed by atoms with van der Waals surface area (Å²) in [5.41, 5.74) is 2.12. The van der Waals surface area contributed by atoms with Crippen molar-refractivity contribution in [3.8, 4) is 0 Å². The monoisotopic (exact) mass is 384 g/mol. The number of aliphatic hydroxyl groups excluding tert-OH is 1. The molecule has 0 radical (unpaired) electrons. The van der Waals surface area contributed by atoms with Gasteiger partial charge in [-0.3, -0.25) is 0 Å². The molecule has 2 aromatic rings. The van der Waals surface area contributed by atoms with Crippen LogP contribution in [0.25, 0.3) is 10.9 Å². The number of nitrogens with zero attached hydrogens (tertiary/aromatic N) is 2. The van der Waals surface area contributed by atoms with Crippen LogP contribution in [0, 0.1) is 5.92 Å². The summed E-state index contributed by atoms with van der Waals surface area (Å²) in [6.45, 7) is 1.01. The van der Waals surface area contributed by atoms with Crippen LogP contribution in [0.5, 0.6) is 0 Å². The van der Waals surface area contributed by atoms with E-state index in [1.807, 2.05) is 16.9 Å². The largest absolute Gasteiger partial charge is 0.396 e. The summed E-state index contributed by atoms with van der Waals surface area (Å²) in [4.78, 5) is 0. The van der Waals surface area contributed by atoms with E-state index in [4.69, 9.17) is 16.3 Å².